The summed E-state index contributed by atoms with van der Waals surface area (Å²) in [6.07, 6.45) is 7.36. The number of hydrogen-bond donors (Lipinski definition) is 2. The predicted molar refractivity (Wildman–Crippen MR) is 77.8 cm³/mol. The highest BCUT2D eigenvalue weighted by Crippen LogP contribution is 2.21. The molecule has 18 heavy (non-hydrogen) atoms. The van der Waals surface area contributed by atoms with Crippen LogP contribution in [0.4, 0.5) is 0 Å². The maximum absolute atomic E-state index is 6.01. The van der Waals surface area contributed by atoms with E-state index in [1.54, 1.807) is 5.57 Å². The van der Waals surface area contributed by atoms with Crippen LogP contribution in [0.1, 0.15) is 37.3 Å². The molecular formula is C15H21ClN2. The maximum atomic E-state index is 6.01. The highest BCUT2D eigenvalue weighted by Gasteiger charge is 2.10. The Morgan fingerprint density at radius 1 is 1.39 bits per heavy atom. The first-order valence-electron chi connectivity index (χ1n) is 6.66. The highest BCUT2D eigenvalue weighted by molar-refractivity contribution is 6.30. The third kappa shape index (κ3) is 3.84. The van der Waals surface area contributed by atoms with E-state index in [9.17, 15) is 0 Å². The minimum absolute atomic E-state index is 0.200. The minimum atomic E-state index is 0.200. The van der Waals surface area contributed by atoms with Gasteiger partial charge in [-0.3, -0.25) is 0 Å². The molecule has 0 saturated heterocycles. The second-order valence-corrected chi connectivity index (χ2v) is 5.24. The van der Waals surface area contributed by atoms with Gasteiger partial charge in [-0.15, -0.1) is 0 Å². The minimum Gasteiger partial charge on any atom is -0.329 e. The lowest BCUT2D eigenvalue weighted by Crippen LogP contribution is -2.29. The van der Waals surface area contributed by atoms with Gasteiger partial charge in [-0.2, -0.15) is 0 Å². The Labute approximate surface area is 114 Å². The molecule has 2 nitrogen and oxygen atoms in total. The Bertz CT molecular complexity index is 415. The third-order valence-corrected chi connectivity index (χ3v) is 3.69. The number of nitrogens with two attached hydrogens (primary N) is 1. The molecule has 1 atom stereocenters. The van der Waals surface area contributed by atoms with Crippen LogP contribution in [0.2, 0.25) is 5.02 Å². The molecule has 2 rings (SSSR count). The molecule has 1 aromatic rings. The fraction of sp³-hybridized carbons (Fsp3) is 0.467. The summed E-state index contributed by atoms with van der Waals surface area (Å²) in [4.78, 5) is 0. The number of halogens is 1. The van der Waals surface area contributed by atoms with Crippen molar-refractivity contribution in [3.05, 3.63) is 46.5 Å². The molecule has 0 radical (unpaired) electrons. The Kier molecular flexibility index (Phi) is 5.24. The van der Waals surface area contributed by atoms with E-state index in [2.05, 4.69) is 17.5 Å². The average Bonchev–Trinajstić information content (AvgIpc) is 2.88. The molecule has 0 aliphatic heterocycles. The van der Waals surface area contributed by atoms with Crippen LogP contribution < -0.4 is 11.1 Å². The third-order valence-electron chi connectivity index (χ3n) is 3.46. The summed E-state index contributed by atoms with van der Waals surface area (Å²) in [5.74, 6) is 0. The number of allylic oxidation sites excluding steroid dienone is 1. The Morgan fingerprint density at radius 3 is 2.94 bits per heavy atom. The molecule has 1 aromatic carbocycles. The molecule has 0 amide bonds. The molecule has 1 aliphatic carbocycles. The van der Waals surface area contributed by atoms with Gasteiger partial charge < -0.3 is 11.1 Å². The lowest BCUT2D eigenvalue weighted by Gasteiger charge is -2.17. The first-order chi connectivity index (χ1) is 8.79. The summed E-state index contributed by atoms with van der Waals surface area (Å²) in [5.41, 5.74) is 8.59. The van der Waals surface area contributed by atoms with Crippen LogP contribution in [0.25, 0.3) is 0 Å². The Balaban J connectivity index is 1.85. The quantitative estimate of drug-likeness (QED) is 0.773. The monoisotopic (exact) mass is 264 g/mol. The van der Waals surface area contributed by atoms with Gasteiger partial charge in [0, 0.05) is 17.6 Å². The van der Waals surface area contributed by atoms with Crippen LogP contribution in [0, 0.1) is 0 Å². The van der Waals surface area contributed by atoms with Gasteiger partial charge in [-0.05, 0) is 49.9 Å². The van der Waals surface area contributed by atoms with Crippen molar-refractivity contribution in [1.29, 1.82) is 0 Å². The Hall–Kier alpha value is -0.830. The Morgan fingerprint density at radius 2 is 2.28 bits per heavy atom. The van der Waals surface area contributed by atoms with Gasteiger partial charge in [0.25, 0.3) is 0 Å². The van der Waals surface area contributed by atoms with Crippen LogP contribution in [0.5, 0.6) is 0 Å². The van der Waals surface area contributed by atoms with Gasteiger partial charge in [0.1, 0.15) is 0 Å². The van der Waals surface area contributed by atoms with E-state index in [1.807, 2.05) is 18.2 Å². The van der Waals surface area contributed by atoms with Crippen LogP contribution in [-0.4, -0.2) is 13.1 Å². The van der Waals surface area contributed by atoms with Crippen molar-refractivity contribution < 1.29 is 0 Å². The van der Waals surface area contributed by atoms with Crippen molar-refractivity contribution in [3.63, 3.8) is 0 Å². The van der Waals surface area contributed by atoms with Crippen LogP contribution in [0.15, 0.2) is 35.9 Å². The number of hydrogen-bond acceptors (Lipinski definition) is 2. The van der Waals surface area contributed by atoms with Crippen LogP contribution >= 0.6 is 11.6 Å². The molecule has 98 valence electrons. The smallest absolute Gasteiger partial charge is 0.0445 e. The molecule has 1 unspecified atom stereocenters. The van der Waals surface area contributed by atoms with E-state index in [0.29, 0.717) is 6.54 Å². The van der Waals surface area contributed by atoms with Gasteiger partial charge in [-0.1, -0.05) is 35.4 Å². The van der Waals surface area contributed by atoms with Crippen molar-refractivity contribution in [2.45, 2.75) is 31.7 Å². The second-order valence-electron chi connectivity index (χ2n) is 4.80. The number of nitrogens with one attached hydrogen (secondary N) is 1. The lowest BCUT2D eigenvalue weighted by atomic mass is 10.1. The number of rotatable bonds is 6. The van der Waals surface area contributed by atoms with Crippen molar-refractivity contribution in [3.8, 4) is 0 Å². The molecule has 0 fully saturated rings. The molecule has 0 aromatic heterocycles. The molecule has 1 aliphatic rings. The van der Waals surface area contributed by atoms with Gasteiger partial charge in [0.15, 0.2) is 0 Å². The van der Waals surface area contributed by atoms with Crippen LogP contribution in [-0.2, 0) is 0 Å². The molecule has 0 heterocycles. The van der Waals surface area contributed by atoms with Gasteiger partial charge in [0.2, 0.25) is 0 Å². The fourth-order valence-corrected chi connectivity index (χ4v) is 2.63. The molecule has 0 saturated carbocycles. The standard InChI is InChI=1S/C15H21ClN2/c16-14-7-3-6-13(10-14)15(11-17)18-9-8-12-4-1-2-5-12/h3-4,6-7,10,15,18H,1-2,5,8-9,11,17H2. The van der Waals surface area contributed by atoms with Gasteiger partial charge in [0.05, 0.1) is 0 Å². The summed E-state index contributed by atoms with van der Waals surface area (Å²) >= 11 is 6.01. The van der Waals surface area contributed by atoms with Gasteiger partial charge >= 0.3 is 0 Å². The SMILES string of the molecule is NCC(NCCC1=CCCC1)c1cccc(Cl)c1. The predicted octanol–water partition coefficient (Wildman–Crippen LogP) is 3.43. The van der Waals surface area contributed by atoms with Crippen molar-refractivity contribution in [2.24, 2.45) is 5.73 Å². The number of benzene rings is 1. The largest absolute Gasteiger partial charge is 0.329 e. The highest BCUT2D eigenvalue weighted by atomic mass is 35.5. The molecule has 3 N–H and O–H groups in total. The molecule has 0 spiro atoms. The zero-order valence-corrected chi connectivity index (χ0v) is 11.4. The van der Waals surface area contributed by atoms with Crippen molar-refractivity contribution in [2.75, 3.05) is 13.1 Å². The van der Waals surface area contributed by atoms with E-state index in [1.165, 1.54) is 24.8 Å². The molecule has 3 heteroatoms. The normalized spacial score (nSPS) is 16.7. The van der Waals surface area contributed by atoms with Gasteiger partial charge in [-0.25, -0.2) is 0 Å². The topological polar surface area (TPSA) is 38.0 Å². The first kappa shape index (κ1) is 13.6. The van der Waals surface area contributed by atoms with E-state index < -0.39 is 0 Å². The average molecular weight is 265 g/mol. The fourth-order valence-electron chi connectivity index (χ4n) is 2.43. The second kappa shape index (κ2) is 6.93. The van der Waals surface area contributed by atoms with Crippen LogP contribution in [0.3, 0.4) is 0 Å². The first-order valence-corrected chi connectivity index (χ1v) is 7.04. The summed E-state index contributed by atoms with van der Waals surface area (Å²) in [6.45, 7) is 1.58. The summed E-state index contributed by atoms with van der Waals surface area (Å²) in [6, 6.07) is 8.13. The van der Waals surface area contributed by atoms with E-state index in [-0.39, 0.29) is 6.04 Å². The van der Waals surface area contributed by atoms with E-state index in [0.717, 1.165) is 18.0 Å². The van der Waals surface area contributed by atoms with Crippen molar-refractivity contribution in [1.82, 2.24) is 5.32 Å². The molecule has 0 bridgehead atoms. The zero-order chi connectivity index (χ0) is 12.8. The lowest BCUT2D eigenvalue weighted by molar-refractivity contribution is 0.542. The zero-order valence-electron chi connectivity index (χ0n) is 10.7. The summed E-state index contributed by atoms with van der Waals surface area (Å²) < 4.78 is 0. The summed E-state index contributed by atoms with van der Waals surface area (Å²) in [5, 5.41) is 4.29. The maximum Gasteiger partial charge on any atom is 0.0445 e. The molecular weight excluding hydrogens is 244 g/mol. The van der Waals surface area contributed by atoms with Crippen molar-refractivity contribution >= 4 is 11.6 Å². The summed E-state index contributed by atoms with van der Waals surface area (Å²) in [7, 11) is 0. The van der Waals surface area contributed by atoms with E-state index in [4.69, 9.17) is 17.3 Å². The van der Waals surface area contributed by atoms with E-state index >= 15 is 0 Å².